The van der Waals surface area contributed by atoms with Gasteiger partial charge in [0.2, 0.25) is 0 Å². The average molecular weight is 514 g/mol. The summed E-state index contributed by atoms with van der Waals surface area (Å²) >= 11 is 0. The fourth-order valence-electron chi connectivity index (χ4n) is 4.90. The highest BCUT2D eigenvalue weighted by Gasteiger charge is 2.33. The van der Waals surface area contributed by atoms with Crippen molar-refractivity contribution in [3.63, 3.8) is 0 Å². The van der Waals surface area contributed by atoms with Crippen molar-refractivity contribution in [3.8, 4) is 28.7 Å². The molecule has 4 aromatic rings. The van der Waals surface area contributed by atoms with E-state index in [1.54, 1.807) is 21.3 Å². The van der Waals surface area contributed by atoms with Gasteiger partial charge < -0.3 is 28.6 Å². The lowest BCUT2D eigenvalue weighted by molar-refractivity contribution is -0.137. The summed E-state index contributed by atoms with van der Waals surface area (Å²) in [6, 6.07) is 24.9. The van der Waals surface area contributed by atoms with Crippen molar-refractivity contribution in [2.24, 2.45) is 0 Å². The molecule has 0 saturated heterocycles. The average Bonchev–Trinajstić information content (AvgIpc) is 2.97. The molecule has 7 nitrogen and oxygen atoms in total. The van der Waals surface area contributed by atoms with Crippen molar-refractivity contribution in [2.45, 2.75) is 12.5 Å². The maximum absolute atomic E-state index is 13.5. The lowest BCUT2D eigenvalue weighted by atomic mass is 9.92. The number of para-hydroxylation sites is 2. The molecule has 0 radical (unpaired) electrons. The normalized spacial score (nSPS) is 14.5. The minimum atomic E-state index is -0.351. The number of hydrogen-bond donors (Lipinski definition) is 0. The summed E-state index contributed by atoms with van der Waals surface area (Å²) in [4.78, 5) is 15.4. The van der Waals surface area contributed by atoms with E-state index in [1.165, 1.54) is 0 Å². The van der Waals surface area contributed by atoms with Crippen LogP contribution >= 0.6 is 0 Å². The van der Waals surface area contributed by atoms with E-state index in [0.29, 0.717) is 41.7 Å². The van der Waals surface area contributed by atoms with Gasteiger partial charge in [-0.05, 0) is 64.7 Å². The minimum Gasteiger partial charge on any atom is -0.493 e. The third-order valence-electron chi connectivity index (χ3n) is 6.87. The Kier molecular flexibility index (Phi) is 7.54. The first-order valence-electron chi connectivity index (χ1n) is 12.5. The third-order valence-corrected chi connectivity index (χ3v) is 6.87. The van der Waals surface area contributed by atoms with Gasteiger partial charge in [0.25, 0.3) is 5.91 Å². The lowest BCUT2D eigenvalue weighted by Gasteiger charge is -2.37. The maximum Gasteiger partial charge on any atom is 0.261 e. The Morgan fingerprint density at radius 1 is 0.763 bits per heavy atom. The van der Waals surface area contributed by atoms with Gasteiger partial charge in [0.1, 0.15) is 12.4 Å². The van der Waals surface area contributed by atoms with E-state index in [4.69, 9.17) is 23.7 Å². The van der Waals surface area contributed by atoms with Gasteiger partial charge in [-0.25, -0.2) is 0 Å². The molecule has 0 saturated carbocycles. The highest BCUT2D eigenvalue weighted by molar-refractivity contribution is 5.84. The summed E-state index contributed by atoms with van der Waals surface area (Å²) in [6.45, 7) is 0.693. The van der Waals surface area contributed by atoms with Crippen LogP contribution in [0.4, 0.5) is 0 Å². The first-order chi connectivity index (χ1) is 18.6. The Morgan fingerprint density at radius 2 is 1.45 bits per heavy atom. The van der Waals surface area contributed by atoms with E-state index in [-0.39, 0.29) is 25.2 Å². The highest BCUT2D eigenvalue weighted by Crippen LogP contribution is 2.39. The molecule has 0 N–H and O–H groups in total. The van der Waals surface area contributed by atoms with Gasteiger partial charge in [0.05, 0.1) is 27.4 Å². The Labute approximate surface area is 222 Å². The van der Waals surface area contributed by atoms with E-state index in [1.807, 2.05) is 83.8 Å². The largest absolute Gasteiger partial charge is 0.493 e. The number of rotatable bonds is 9. The molecule has 196 valence electrons. The van der Waals surface area contributed by atoms with Gasteiger partial charge in [-0.1, -0.05) is 42.5 Å². The number of carbonyl (C=O) groups is 1. The number of nitrogens with zero attached hydrogens (tertiary/aromatic N) is 1. The molecular weight excluding hydrogens is 482 g/mol. The molecule has 1 heterocycles. The van der Waals surface area contributed by atoms with E-state index in [2.05, 4.69) is 0 Å². The smallest absolute Gasteiger partial charge is 0.261 e. The zero-order valence-electron chi connectivity index (χ0n) is 21.8. The molecule has 0 spiro atoms. The molecule has 1 amide bonds. The Bertz CT molecular complexity index is 1440. The zero-order chi connectivity index (χ0) is 26.5. The van der Waals surface area contributed by atoms with E-state index in [0.717, 1.165) is 21.9 Å². The van der Waals surface area contributed by atoms with Crippen molar-refractivity contribution in [2.75, 3.05) is 41.1 Å². The molecule has 0 fully saturated rings. The van der Waals surface area contributed by atoms with Crippen LogP contribution in [-0.4, -0.2) is 51.9 Å². The summed E-state index contributed by atoms with van der Waals surface area (Å²) in [5.74, 6) is 3.05. The van der Waals surface area contributed by atoms with Crippen LogP contribution in [0.25, 0.3) is 10.8 Å². The van der Waals surface area contributed by atoms with Gasteiger partial charge >= 0.3 is 0 Å². The van der Waals surface area contributed by atoms with Crippen molar-refractivity contribution < 1.29 is 28.5 Å². The van der Waals surface area contributed by atoms with Gasteiger partial charge in [0.15, 0.2) is 29.6 Å². The molecule has 7 heteroatoms. The number of amides is 1. The van der Waals surface area contributed by atoms with Gasteiger partial charge in [0, 0.05) is 6.54 Å². The second-order valence-electron chi connectivity index (χ2n) is 9.02. The lowest BCUT2D eigenvalue weighted by Crippen LogP contribution is -2.44. The Balaban J connectivity index is 1.40. The predicted molar refractivity (Wildman–Crippen MR) is 146 cm³/mol. The molecular formula is C31H31NO6. The first kappa shape index (κ1) is 25.3. The number of ether oxygens (including phenoxy) is 5. The fraction of sp³-hybridized carbons (Fsp3) is 0.258. The maximum atomic E-state index is 13.5. The number of hydrogen-bond acceptors (Lipinski definition) is 6. The molecule has 1 aliphatic rings. The quantitative estimate of drug-likeness (QED) is 0.297. The number of benzene rings is 4. The fourth-order valence-corrected chi connectivity index (χ4v) is 4.90. The van der Waals surface area contributed by atoms with E-state index < -0.39 is 0 Å². The summed E-state index contributed by atoms with van der Waals surface area (Å²) < 4.78 is 28.7. The Morgan fingerprint density at radius 3 is 2.21 bits per heavy atom. The molecule has 0 aromatic heterocycles. The van der Waals surface area contributed by atoms with E-state index >= 15 is 0 Å². The summed E-state index contributed by atoms with van der Waals surface area (Å²) in [7, 11) is 4.83. The molecule has 1 atom stereocenters. The Hall–Kier alpha value is -4.39. The van der Waals surface area contributed by atoms with Crippen LogP contribution in [0.5, 0.6) is 28.7 Å². The third kappa shape index (κ3) is 5.18. The van der Waals surface area contributed by atoms with Crippen molar-refractivity contribution in [3.05, 3.63) is 90.0 Å². The number of fused-ring (bicyclic) bond motifs is 2. The van der Waals surface area contributed by atoms with Crippen molar-refractivity contribution in [1.29, 1.82) is 0 Å². The first-order valence-corrected chi connectivity index (χ1v) is 12.5. The van der Waals surface area contributed by atoms with Crippen LogP contribution in [0.1, 0.15) is 17.2 Å². The summed E-state index contributed by atoms with van der Waals surface area (Å²) in [5, 5.41) is 2.19. The topological polar surface area (TPSA) is 66.5 Å². The summed E-state index contributed by atoms with van der Waals surface area (Å²) in [6.07, 6.45) is 0.683. The van der Waals surface area contributed by atoms with Crippen molar-refractivity contribution >= 4 is 16.7 Å². The monoisotopic (exact) mass is 513 g/mol. The number of methoxy groups -OCH3 is 3. The standard InChI is InChI=1S/C31H31NO6/c1-34-27-10-6-7-11-28(27)38-19-26-25-18-30(36-3)29(35-2)17-23(25)14-15-32(26)31(33)20-37-24-13-12-21-8-4-5-9-22(21)16-24/h4-13,16-18,26H,14-15,19-20H2,1-3H3. The molecule has 1 aliphatic heterocycles. The van der Waals surface area contributed by atoms with Crippen LogP contribution in [0.2, 0.25) is 0 Å². The van der Waals surface area contributed by atoms with Gasteiger partial charge in [-0.2, -0.15) is 0 Å². The predicted octanol–water partition coefficient (Wildman–Crippen LogP) is 5.45. The molecule has 5 rings (SSSR count). The van der Waals surface area contributed by atoms with Gasteiger partial charge in [-0.3, -0.25) is 4.79 Å². The van der Waals surface area contributed by atoms with Crippen LogP contribution in [0.3, 0.4) is 0 Å². The SMILES string of the molecule is COc1cc2c(cc1OC)C(COc1ccccc1OC)N(C(=O)COc1ccc3ccccc3c1)CC2. The van der Waals surface area contributed by atoms with Crippen LogP contribution < -0.4 is 23.7 Å². The molecule has 0 aliphatic carbocycles. The van der Waals surface area contributed by atoms with E-state index in [9.17, 15) is 4.79 Å². The molecule has 38 heavy (non-hydrogen) atoms. The van der Waals surface area contributed by atoms with Gasteiger partial charge in [-0.15, -0.1) is 0 Å². The number of carbonyl (C=O) groups excluding carboxylic acids is 1. The second kappa shape index (κ2) is 11.3. The molecule has 1 unspecified atom stereocenters. The van der Waals surface area contributed by atoms with Crippen LogP contribution in [0, 0.1) is 0 Å². The van der Waals surface area contributed by atoms with Crippen LogP contribution in [-0.2, 0) is 11.2 Å². The minimum absolute atomic E-state index is 0.0773. The molecule has 0 bridgehead atoms. The second-order valence-corrected chi connectivity index (χ2v) is 9.02. The van der Waals surface area contributed by atoms with Crippen LogP contribution in [0.15, 0.2) is 78.9 Å². The zero-order valence-corrected chi connectivity index (χ0v) is 21.8. The highest BCUT2D eigenvalue weighted by atomic mass is 16.5. The summed E-state index contributed by atoms with van der Waals surface area (Å²) in [5.41, 5.74) is 2.05. The van der Waals surface area contributed by atoms with Crippen molar-refractivity contribution in [1.82, 2.24) is 4.90 Å². The molecule has 4 aromatic carbocycles.